The maximum absolute atomic E-state index is 11.9. The SMILES string of the molecule is CCCCOC(=O)c1cc(OC)cc(C(=O)OCCCC)n1. The van der Waals surface area contributed by atoms with Crippen molar-refractivity contribution >= 4 is 11.9 Å². The molecule has 0 saturated heterocycles. The van der Waals surface area contributed by atoms with Gasteiger partial charge in [0.25, 0.3) is 0 Å². The molecule has 1 rings (SSSR count). The van der Waals surface area contributed by atoms with Crippen LogP contribution < -0.4 is 4.74 Å². The normalized spacial score (nSPS) is 10.1. The van der Waals surface area contributed by atoms with E-state index in [4.69, 9.17) is 14.2 Å². The molecule has 6 nitrogen and oxygen atoms in total. The fourth-order valence-electron chi connectivity index (χ4n) is 1.60. The van der Waals surface area contributed by atoms with Gasteiger partial charge in [-0.2, -0.15) is 0 Å². The fraction of sp³-hybridized carbons (Fsp3) is 0.562. The molecule has 0 spiro atoms. The molecule has 1 aromatic rings. The average Bonchev–Trinajstić information content (AvgIpc) is 2.54. The number of ether oxygens (including phenoxy) is 3. The summed E-state index contributed by atoms with van der Waals surface area (Å²) in [4.78, 5) is 27.9. The van der Waals surface area contributed by atoms with Crippen molar-refractivity contribution in [2.75, 3.05) is 20.3 Å². The van der Waals surface area contributed by atoms with Crippen molar-refractivity contribution in [2.45, 2.75) is 39.5 Å². The molecule has 0 bridgehead atoms. The molecule has 0 amide bonds. The monoisotopic (exact) mass is 309 g/mol. The highest BCUT2D eigenvalue weighted by Crippen LogP contribution is 2.16. The molecule has 0 unspecified atom stereocenters. The first-order valence-corrected chi connectivity index (χ1v) is 7.52. The van der Waals surface area contributed by atoms with E-state index in [9.17, 15) is 9.59 Å². The van der Waals surface area contributed by atoms with Crippen LogP contribution in [0.2, 0.25) is 0 Å². The smallest absolute Gasteiger partial charge is 0.357 e. The van der Waals surface area contributed by atoms with Gasteiger partial charge in [-0.3, -0.25) is 0 Å². The number of nitrogens with zero attached hydrogens (tertiary/aromatic N) is 1. The van der Waals surface area contributed by atoms with Crippen LogP contribution in [0.25, 0.3) is 0 Å². The van der Waals surface area contributed by atoms with E-state index in [1.807, 2.05) is 13.8 Å². The summed E-state index contributed by atoms with van der Waals surface area (Å²) >= 11 is 0. The molecule has 1 aromatic heterocycles. The average molecular weight is 309 g/mol. The molecule has 0 atom stereocenters. The molecule has 122 valence electrons. The van der Waals surface area contributed by atoms with E-state index in [-0.39, 0.29) is 11.4 Å². The van der Waals surface area contributed by atoms with E-state index < -0.39 is 11.9 Å². The molecule has 0 N–H and O–H groups in total. The molecule has 0 aliphatic heterocycles. The summed E-state index contributed by atoms with van der Waals surface area (Å²) in [7, 11) is 1.45. The molecule has 22 heavy (non-hydrogen) atoms. The highest BCUT2D eigenvalue weighted by atomic mass is 16.5. The number of carbonyl (C=O) groups excluding carboxylic acids is 2. The molecule has 6 heteroatoms. The Morgan fingerprint density at radius 2 is 1.41 bits per heavy atom. The maximum Gasteiger partial charge on any atom is 0.357 e. The minimum Gasteiger partial charge on any atom is -0.497 e. The van der Waals surface area contributed by atoms with Crippen molar-refractivity contribution < 1.29 is 23.8 Å². The van der Waals surface area contributed by atoms with Crippen LogP contribution in [0.1, 0.15) is 60.5 Å². The Bertz CT molecular complexity index is 461. The topological polar surface area (TPSA) is 74.7 Å². The van der Waals surface area contributed by atoms with Gasteiger partial charge in [0, 0.05) is 12.1 Å². The third kappa shape index (κ3) is 5.71. The summed E-state index contributed by atoms with van der Waals surface area (Å²) in [6.07, 6.45) is 3.41. The summed E-state index contributed by atoms with van der Waals surface area (Å²) in [6.45, 7) is 4.65. The van der Waals surface area contributed by atoms with Gasteiger partial charge in [-0.25, -0.2) is 14.6 Å². The second-order valence-corrected chi connectivity index (χ2v) is 4.76. The lowest BCUT2D eigenvalue weighted by Gasteiger charge is -2.08. The zero-order chi connectivity index (χ0) is 16.4. The Hall–Kier alpha value is -2.11. The standard InChI is InChI=1S/C16H23NO5/c1-4-6-8-21-15(18)13-10-12(20-3)11-14(17-13)16(19)22-9-7-5-2/h10-11H,4-9H2,1-3H3. The van der Waals surface area contributed by atoms with Gasteiger partial charge in [0.1, 0.15) is 5.75 Å². The van der Waals surface area contributed by atoms with Gasteiger partial charge < -0.3 is 14.2 Å². The number of esters is 2. The molecule has 0 fully saturated rings. The molecular weight excluding hydrogens is 286 g/mol. The number of unbranched alkanes of at least 4 members (excludes halogenated alkanes) is 2. The summed E-state index contributed by atoms with van der Waals surface area (Å²) in [5.74, 6) is -0.787. The lowest BCUT2D eigenvalue weighted by molar-refractivity contribution is 0.0483. The Morgan fingerprint density at radius 3 is 1.77 bits per heavy atom. The van der Waals surface area contributed by atoms with Gasteiger partial charge >= 0.3 is 11.9 Å². The Labute approximate surface area is 130 Å². The predicted molar refractivity (Wildman–Crippen MR) is 81.2 cm³/mol. The van der Waals surface area contributed by atoms with E-state index in [1.54, 1.807) is 0 Å². The molecule has 0 aliphatic carbocycles. The Morgan fingerprint density at radius 1 is 0.955 bits per heavy atom. The summed E-state index contributed by atoms with van der Waals surface area (Å²) in [6, 6.07) is 2.88. The van der Waals surface area contributed by atoms with Gasteiger partial charge in [-0.1, -0.05) is 26.7 Å². The number of hydrogen-bond acceptors (Lipinski definition) is 6. The second kappa shape index (κ2) is 9.76. The van der Waals surface area contributed by atoms with Crippen molar-refractivity contribution in [1.82, 2.24) is 4.98 Å². The number of carbonyl (C=O) groups is 2. The van der Waals surface area contributed by atoms with Crippen molar-refractivity contribution in [2.24, 2.45) is 0 Å². The van der Waals surface area contributed by atoms with Gasteiger partial charge in [-0.05, 0) is 12.8 Å². The summed E-state index contributed by atoms with van der Waals surface area (Å²) in [5.41, 5.74) is 0.0794. The van der Waals surface area contributed by atoms with E-state index in [2.05, 4.69) is 4.98 Å². The first-order valence-electron chi connectivity index (χ1n) is 7.52. The van der Waals surface area contributed by atoms with Crippen molar-refractivity contribution in [3.05, 3.63) is 23.5 Å². The van der Waals surface area contributed by atoms with Crippen LogP contribution in [0.15, 0.2) is 12.1 Å². The lowest BCUT2D eigenvalue weighted by atomic mass is 10.2. The Kier molecular flexibility index (Phi) is 7.96. The fourth-order valence-corrected chi connectivity index (χ4v) is 1.60. The van der Waals surface area contributed by atoms with E-state index >= 15 is 0 Å². The number of methoxy groups -OCH3 is 1. The molecule has 0 aliphatic rings. The first-order chi connectivity index (χ1) is 10.6. The number of rotatable bonds is 9. The second-order valence-electron chi connectivity index (χ2n) is 4.76. The van der Waals surface area contributed by atoms with Gasteiger partial charge in [0.05, 0.1) is 20.3 Å². The van der Waals surface area contributed by atoms with Crippen LogP contribution in [-0.2, 0) is 9.47 Å². The van der Waals surface area contributed by atoms with Gasteiger partial charge in [0.15, 0.2) is 11.4 Å². The first kappa shape index (κ1) is 17.9. The van der Waals surface area contributed by atoms with Crippen LogP contribution in [-0.4, -0.2) is 37.2 Å². The van der Waals surface area contributed by atoms with Crippen molar-refractivity contribution in [3.8, 4) is 5.75 Å². The van der Waals surface area contributed by atoms with Crippen LogP contribution in [0.5, 0.6) is 5.75 Å². The molecule has 1 heterocycles. The Balaban J connectivity index is 2.83. The summed E-state index contributed by atoms with van der Waals surface area (Å²) < 4.78 is 15.3. The molecule has 0 radical (unpaired) electrons. The zero-order valence-electron chi connectivity index (χ0n) is 13.4. The third-order valence-corrected chi connectivity index (χ3v) is 2.91. The van der Waals surface area contributed by atoms with E-state index in [0.29, 0.717) is 19.0 Å². The molecular formula is C16H23NO5. The van der Waals surface area contributed by atoms with Crippen molar-refractivity contribution in [1.29, 1.82) is 0 Å². The highest BCUT2D eigenvalue weighted by Gasteiger charge is 2.17. The van der Waals surface area contributed by atoms with Crippen molar-refractivity contribution in [3.63, 3.8) is 0 Å². The highest BCUT2D eigenvalue weighted by molar-refractivity contribution is 5.92. The lowest BCUT2D eigenvalue weighted by Crippen LogP contribution is -2.14. The van der Waals surface area contributed by atoms with Crippen LogP contribution in [0, 0.1) is 0 Å². The number of hydrogen-bond donors (Lipinski definition) is 0. The predicted octanol–water partition coefficient (Wildman–Crippen LogP) is 3.00. The quantitative estimate of drug-likeness (QED) is 0.515. The molecule has 0 saturated carbocycles. The minimum absolute atomic E-state index is 0.0397. The van der Waals surface area contributed by atoms with Gasteiger partial charge in [0.2, 0.25) is 0 Å². The molecule has 0 aromatic carbocycles. The van der Waals surface area contributed by atoms with Crippen LogP contribution >= 0.6 is 0 Å². The zero-order valence-corrected chi connectivity index (χ0v) is 13.4. The minimum atomic E-state index is -0.574. The van der Waals surface area contributed by atoms with Crippen LogP contribution in [0.4, 0.5) is 0 Å². The third-order valence-electron chi connectivity index (χ3n) is 2.91. The number of aromatic nitrogens is 1. The maximum atomic E-state index is 11.9. The van der Waals surface area contributed by atoms with Gasteiger partial charge in [-0.15, -0.1) is 0 Å². The summed E-state index contributed by atoms with van der Waals surface area (Å²) in [5, 5.41) is 0. The van der Waals surface area contributed by atoms with E-state index in [0.717, 1.165) is 25.7 Å². The number of pyridine rings is 1. The van der Waals surface area contributed by atoms with E-state index in [1.165, 1.54) is 19.2 Å². The van der Waals surface area contributed by atoms with Crippen LogP contribution in [0.3, 0.4) is 0 Å². The largest absolute Gasteiger partial charge is 0.497 e.